The van der Waals surface area contributed by atoms with E-state index >= 15 is 0 Å². The van der Waals surface area contributed by atoms with E-state index in [1.165, 1.54) is 43.4 Å². The number of alkyl halides is 1. The molecule has 0 fully saturated rings. The van der Waals surface area contributed by atoms with Gasteiger partial charge in [0.1, 0.15) is 0 Å². The monoisotopic (exact) mass is 204 g/mol. The summed E-state index contributed by atoms with van der Waals surface area (Å²) >= 11 is 4.70. The van der Waals surface area contributed by atoms with Gasteiger partial charge in [0.2, 0.25) is 0 Å². The van der Waals surface area contributed by atoms with E-state index in [1.54, 1.807) is 0 Å². The number of aliphatic carboxylic acids is 1. The van der Waals surface area contributed by atoms with E-state index in [2.05, 4.69) is 15.9 Å². The molecule has 9 heavy (non-hydrogen) atoms. The van der Waals surface area contributed by atoms with E-state index < -0.39 is 5.97 Å². The minimum atomic E-state index is -0.833. The predicted molar refractivity (Wildman–Crippen MR) is 42.3 cm³/mol. The Balaban J connectivity index is 0. The van der Waals surface area contributed by atoms with Gasteiger partial charge in [-0.3, -0.25) is 4.79 Å². The first kappa shape index (κ1) is 12.6. The van der Waals surface area contributed by atoms with Gasteiger partial charge < -0.3 is 5.11 Å². The average Bonchev–Trinajstić information content (AvgIpc) is 1.66. The molecule has 0 aliphatic rings. The summed E-state index contributed by atoms with van der Waals surface area (Å²) in [6.07, 6.45) is 1.37. The quantitative estimate of drug-likeness (QED) is 0.547. The number of carbonyl (C=O) groups is 1. The third-order valence-corrected chi connectivity index (χ3v) is 1.76. The molecule has 0 heterocycles. The van der Waals surface area contributed by atoms with Crippen LogP contribution in [0.1, 0.15) is 13.3 Å². The van der Waals surface area contributed by atoms with Crippen LogP contribution in [0, 0.1) is 0 Å². The van der Waals surface area contributed by atoms with Gasteiger partial charge in [-0.1, -0.05) is 0 Å². The summed E-state index contributed by atoms with van der Waals surface area (Å²) < 4.78 is 1.44. The van der Waals surface area contributed by atoms with Gasteiger partial charge in [0.15, 0.2) is 0 Å². The van der Waals surface area contributed by atoms with Crippen molar-refractivity contribution in [1.82, 2.24) is 0 Å². The van der Waals surface area contributed by atoms with Gasteiger partial charge in [0.05, 0.1) is 0 Å². The van der Waals surface area contributed by atoms with E-state index in [0.717, 1.165) is 6.92 Å². The Hall–Kier alpha value is 0.950. The molecule has 1 N–H and O–H groups in total. The minimum absolute atomic E-state index is 0.833. The third kappa shape index (κ3) is 49.7. The van der Waals surface area contributed by atoms with Crippen molar-refractivity contribution in [2.24, 2.45) is 0 Å². The normalized spacial score (nSPS) is 7.56. The number of hydrogen-bond acceptors (Lipinski definition) is 1. The molecule has 0 aliphatic heterocycles. The number of carboxylic acid groups (broad SMARTS) is 1. The number of halogens is 1. The maximum absolute atomic E-state index is 9.00. The zero-order valence-electron chi connectivity index (χ0n) is 5.85. The van der Waals surface area contributed by atoms with Gasteiger partial charge >= 0.3 is 59.3 Å². The van der Waals surface area contributed by atoms with Crippen LogP contribution in [0.25, 0.3) is 0 Å². The molecular weight excluding hydrogens is 195 g/mol. The van der Waals surface area contributed by atoms with E-state index in [1.807, 2.05) is 0 Å². The first-order chi connectivity index (χ1) is 4.15. The fourth-order valence-electron chi connectivity index (χ4n) is 0.134. The topological polar surface area (TPSA) is 37.3 Å². The average molecular weight is 205 g/mol. The maximum atomic E-state index is 9.00. The van der Waals surface area contributed by atoms with E-state index in [4.69, 9.17) is 9.90 Å². The molecule has 4 heteroatoms. The van der Waals surface area contributed by atoms with E-state index in [0.29, 0.717) is 0 Å². The fourth-order valence-corrected chi connectivity index (χ4v) is 2.08. The van der Waals surface area contributed by atoms with Gasteiger partial charge in [0, 0.05) is 6.92 Å². The molecular formula is C5H10BrNaO2. The third-order valence-electron chi connectivity index (χ3n) is 0.487. The van der Waals surface area contributed by atoms with Gasteiger partial charge in [-0.25, -0.2) is 0 Å². The second-order valence-corrected chi connectivity index (χ2v) is 3.35. The molecule has 0 unspecified atom stereocenters. The number of carboxylic acids is 1. The van der Waals surface area contributed by atoms with Crippen LogP contribution in [0.3, 0.4) is 0 Å². The number of rotatable bonds is 2. The molecule has 0 saturated carbocycles. The van der Waals surface area contributed by atoms with Crippen molar-refractivity contribution in [3.63, 3.8) is 0 Å². The first-order valence-corrected chi connectivity index (χ1v) is 5.44. The Morgan fingerprint density at radius 2 is 2.11 bits per heavy atom. The molecule has 0 spiro atoms. The first-order valence-electron chi connectivity index (χ1n) is 2.90. The van der Waals surface area contributed by atoms with Gasteiger partial charge in [-0.15, -0.1) is 0 Å². The van der Waals surface area contributed by atoms with Crippen molar-refractivity contribution in [3.8, 4) is 0 Å². The van der Waals surface area contributed by atoms with Gasteiger partial charge in [-0.05, 0) is 0 Å². The fraction of sp³-hybridized carbons (Fsp3) is 0.800. The van der Waals surface area contributed by atoms with Crippen LogP contribution in [-0.4, -0.2) is 44.3 Å². The molecule has 0 saturated heterocycles. The summed E-state index contributed by atoms with van der Waals surface area (Å²) in [5.74, 6) is -0.833. The van der Waals surface area contributed by atoms with E-state index in [-0.39, 0.29) is 0 Å². The zero-order valence-corrected chi connectivity index (χ0v) is 9.44. The molecule has 0 aliphatic carbocycles. The molecule has 0 aromatic carbocycles. The second-order valence-electron chi connectivity index (χ2n) is 1.56. The molecule has 0 bridgehead atoms. The Morgan fingerprint density at radius 3 is 2.11 bits per heavy atom. The summed E-state index contributed by atoms with van der Waals surface area (Å²) in [6, 6.07) is 0. The molecule has 0 amide bonds. The molecule has 50 valence electrons. The SMILES string of the molecule is CC(=O)O.[Na][CH2]CCBr. The van der Waals surface area contributed by atoms with Crippen molar-refractivity contribution < 1.29 is 9.90 Å². The Kier molecular flexibility index (Phi) is 16.4. The van der Waals surface area contributed by atoms with Crippen LogP contribution in [0.2, 0.25) is 3.67 Å². The van der Waals surface area contributed by atoms with Crippen LogP contribution in [0.4, 0.5) is 0 Å². The molecule has 0 atom stereocenters. The molecule has 0 rings (SSSR count). The van der Waals surface area contributed by atoms with Crippen LogP contribution in [-0.2, 0) is 4.79 Å². The van der Waals surface area contributed by atoms with Crippen molar-refractivity contribution in [3.05, 3.63) is 0 Å². The summed E-state index contributed by atoms with van der Waals surface area (Å²) in [4.78, 5) is 9.00. The van der Waals surface area contributed by atoms with Crippen LogP contribution in [0.5, 0.6) is 0 Å². The zero-order chi connectivity index (χ0) is 7.70. The Morgan fingerprint density at radius 1 is 1.78 bits per heavy atom. The second kappa shape index (κ2) is 11.7. The van der Waals surface area contributed by atoms with Crippen molar-refractivity contribution in [1.29, 1.82) is 0 Å². The van der Waals surface area contributed by atoms with Crippen molar-refractivity contribution in [2.45, 2.75) is 17.0 Å². The Bertz CT molecular complexity index is 62.0. The summed E-state index contributed by atoms with van der Waals surface area (Å²) in [5.41, 5.74) is 0. The van der Waals surface area contributed by atoms with Gasteiger partial charge in [-0.2, -0.15) is 0 Å². The van der Waals surface area contributed by atoms with Crippen LogP contribution in [0.15, 0.2) is 0 Å². The number of hydrogen-bond donors (Lipinski definition) is 1. The predicted octanol–water partition coefficient (Wildman–Crippen LogP) is 1.45. The molecule has 0 aromatic heterocycles. The Labute approximate surface area is 81.6 Å². The summed E-state index contributed by atoms with van der Waals surface area (Å²) in [7, 11) is 0. The van der Waals surface area contributed by atoms with Gasteiger partial charge in [0.25, 0.3) is 5.97 Å². The molecule has 0 radical (unpaired) electrons. The van der Waals surface area contributed by atoms with E-state index in [9.17, 15) is 0 Å². The van der Waals surface area contributed by atoms with Crippen LogP contribution < -0.4 is 0 Å². The van der Waals surface area contributed by atoms with Crippen molar-refractivity contribution >= 4 is 49.8 Å². The summed E-state index contributed by atoms with van der Waals surface area (Å²) in [5, 5.41) is 8.61. The summed E-state index contributed by atoms with van der Waals surface area (Å²) in [6.45, 7) is 1.08. The molecule has 0 aromatic rings. The van der Waals surface area contributed by atoms with Crippen LogP contribution >= 0.6 is 15.9 Å². The van der Waals surface area contributed by atoms with Crippen molar-refractivity contribution in [2.75, 3.05) is 5.33 Å². The standard InChI is InChI=1S/C3H6Br.C2H4O2.Na/c1-2-3-4;1-2(3)4;/h1-3H2;1H3,(H,3,4);. The molecule has 2 nitrogen and oxygen atoms in total.